The van der Waals surface area contributed by atoms with E-state index in [4.69, 9.17) is 4.74 Å². The second-order valence-corrected chi connectivity index (χ2v) is 6.30. The average molecular weight is 344 g/mol. The van der Waals surface area contributed by atoms with Gasteiger partial charge in [0.1, 0.15) is 4.88 Å². The van der Waals surface area contributed by atoms with Gasteiger partial charge in [0.05, 0.1) is 18.7 Å². The van der Waals surface area contributed by atoms with Crippen molar-refractivity contribution >= 4 is 40.5 Å². The molecule has 1 aliphatic heterocycles. The van der Waals surface area contributed by atoms with Gasteiger partial charge in [-0.3, -0.25) is 9.59 Å². The van der Waals surface area contributed by atoms with Gasteiger partial charge < -0.3 is 15.0 Å². The number of carbonyl (C=O) groups excluding carboxylic acids is 3. The Hall–Kier alpha value is -2.67. The summed E-state index contributed by atoms with van der Waals surface area (Å²) in [5.41, 5.74) is 1.20. The van der Waals surface area contributed by atoms with Crippen molar-refractivity contribution in [2.24, 2.45) is 5.92 Å². The number of esters is 1. The van der Waals surface area contributed by atoms with Gasteiger partial charge in [0, 0.05) is 18.7 Å². The third-order valence-corrected chi connectivity index (χ3v) is 4.75. The first-order chi connectivity index (χ1) is 11.6. The first-order valence-electron chi connectivity index (χ1n) is 7.42. The Balaban J connectivity index is 1.70. The number of hydrogen-bond donors (Lipinski definition) is 1. The number of rotatable bonds is 4. The van der Waals surface area contributed by atoms with E-state index in [0.717, 1.165) is 5.69 Å². The number of amides is 2. The number of benzene rings is 1. The van der Waals surface area contributed by atoms with Crippen LogP contribution in [0.4, 0.5) is 11.4 Å². The lowest BCUT2D eigenvalue weighted by Gasteiger charge is -2.16. The fourth-order valence-electron chi connectivity index (χ4n) is 2.63. The summed E-state index contributed by atoms with van der Waals surface area (Å²) in [6.45, 7) is 0.326. The molecule has 0 radical (unpaired) electrons. The van der Waals surface area contributed by atoms with E-state index in [1.165, 1.54) is 18.4 Å². The normalized spacial score (nSPS) is 17.0. The molecule has 1 aromatic heterocycles. The highest BCUT2D eigenvalue weighted by Crippen LogP contribution is 2.28. The summed E-state index contributed by atoms with van der Waals surface area (Å²) in [7, 11) is 1.29. The van der Waals surface area contributed by atoms with Crippen molar-refractivity contribution in [3.05, 3.63) is 46.7 Å². The number of anilines is 2. The molecule has 1 unspecified atom stereocenters. The van der Waals surface area contributed by atoms with Gasteiger partial charge in [-0.1, -0.05) is 18.2 Å². The number of carbonyl (C=O) groups is 3. The van der Waals surface area contributed by atoms with Gasteiger partial charge in [0.2, 0.25) is 11.8 Å². The van der Waals surface area contributed by atoms with Crippen molar-refractivity contribution < 1.29 is 19.1 Å². The van der Waals surface area contributed by atoms with E-state index in [9.17, 15) is 14.4 Å². The molecule has 1 atom stereocenters. The lowest BCUT2D eigenvalue weighted by atomic mass is 10.1. The van der Waals surface area contributed by atoms with Crippen molar-refractivity contribution in [2.75, 3.05) is 23.9 Å². The van der Waals surface area contributed by atoms with Crippen LogP contribution in [0.1, 0.15) is 16.1 Å². The summed E-state index contributed by atoms with van der Waals surface area (Å²) in [6, 6.07) is 10.9. The van der Waals surface area contributed by atoms with E-state index < -0.39 is 11.9 Å². The van der Waals surface area contributed by atoms with Crippen LogP contribution in [0.3, 0.4) is 0 Å². The predicted octanol–water partition coefficient (Wildman–Crippen LogP) is 2.53. The van der Waals surface area contributed by atoms with Crippen LogP contribution in [0.25, 0.3) is 0 Å². The number of hydrogen-bond acceptors (Lipinski definition) is 5. The molecule has 7 heteroatoms. The van der Waals surface area contributed by atoms with Crippen LogP contribution in [0.2, 0.25) is 0 Å². The Morgan fingerprint density at radius 1 is 1.25 bits per heavy atom. The molecule has 2 heterocycles. The second-order valence-electron chi connectivity index (χ2n) is 5.39. The molecular formula is C17H16N2O4S. The molecule has 24 heavy (non-hydrogen) atoms. The van der Waals surface area contributed by atoms with Crippen molar-refractivity contribution in [1.82, 2.24) is 0 Å². The Bertz CT molecular complexity index is 772. The van der Waals surface area contributed by atoms with Crippen LogP contribution >= 0.6 is 11.3 Å². The first-order valence-corrected chi connectivity index (χ1v) is 8.30. The molecule has 0 spiro atoms. The van der Waals surface area contributed by atoms with Crippen LogP contribution in [-0.2, 0) is 14.3 Å². The highest BCUT2D eigenvalue weighted by Gasteiger charge is 2.35. The summed E-state index contributed by atoms with van der Waals surface area (Å²) >= 11 is 1.20. The molecule has 2 aromatic rings. The molecule has 2 amide bonds. The smallest absolute Gasteiger partial charge is 0.350 e. The lowest BCUT2D eigenvalue weighted by Crippen LogP contribution is -2.28. The number of para-hydroxylation sites is 1. The van der Waals surface area contributed by atoms with Crippen molar-refractivity contribution in [3.63, 3.8) is 0 Å². The van der Waals surface area contributed by atoms with Crippen LogP contribution in [0.5, 0.6) is 0 Å². The molecule has 3 rings (SSSR count). The number of thiophene rings is 1. The zero-order chi connectivity index (χ0) is 17.1. The van der Waals surface area contributed by atoms with Gasteiger partial charge in [0.15, 0.2) is 0 Å². The van der Waals surface area contributed by atoms with E-state index in [0.29, 0.717) is 17.1 Å². The van der Waals surface area contributed by atoms with Gasteiger partial charge in [-0.2, -0.15) is 0 Å². The van der Waals surface area contributed by atoms with Crippen molar-refractivity contribution in [3.8, 4) is 0 Å². The summed E-state index contributed by atoms with van der Waals surface area (Å²) in [5, 5.41) is 4.44. The summed E-state index contributed by atoms with van der Waals surface area (Å²) in [6.07, 6.45) is 0.151. The topological polar surface area (TPSA) is 75.7 Å². The minimum atomic E-state index is -0.492. The largest absolute Gasteiger partial charge is 0.465 e. The second kappa shape index (κ2) is 6.84. The molecule has 0 saturated carbocycles. The third-order valence-electron chi connectivity index (χ3n) is 3.86. The average Bonchev–Trinajstić information content (AvgIpc) is 3.21. The molecule has 0 aliphatic carbocycles. The standard InChI is InChI=1S/C17H16N2O4S/c1-23-17(22)15-13(7-8-24-15)18-16(21)11-9-14(20)19(10-11)12-5-3-2-4-6-12/h2-8,11H,9-10H2,1H3,(H,18,21). The minimum Gasteiger partial charge on any atom is -0.465 e. The van der Waals surface area contributed by atoms with E-state index in [1.807, 2.05) is 30.3 Å². The van der Waals surface area contributed by atoms with Gasteiger partial charge in [0.25, 0.3) is 0 Å². The molecule has 1 aliphatic rings. The highest BCUT2D eigenvalue weighted by molar-refractivity contribution is 7.12. The van der Waals surface area contributed by atoms with Crippen LogP contribution in [-0.4, -0.2) is 31.4 Å². The van der Waals surface area contributed by atoms with Crippen LogP contribution < -0.4 is 10.2 Å². The van der Waals surface area contributed by atoms with Gasteiger partial charge in [-0.15, -0.1) is 11.3 Å². The maximum atomic E-state index is 12.5. The van der Waals surface area contributed by atoms with Crippen LogP contribution in [0, 0.1) is 5.92 Å². The molecular weight excluding hydrogens is 328 g/mol. The molecule has 124 valence electrons. The fraction of sp³-hybridized carbons (Fsp3) is 0.235. The fourth-order valence-corrected chi connectivity index (χ4v) is 3.40. The Labute approximate surface area is 143 Å². The zero-order valence-electron chi connectivity index (χ0n) is 13.0. The molecule has 0 bridgehead atoms. The van der Waals surface area contributed by atoms with Crippen molar-refractivity contribution in [1.29, 1.82) is 0 Å². The molecule has 1 fully saturated rings. The molecule has 1 N–H and O–H groups in total. The van der Waals surface area contributed by atoms with Crippen molar-refractivity contribution in [2.45, 2.75) is 6.42 Å². The molecule has 1 aromatic carbocycles. The quantitative estimate of drug-likeness (QED) is 0.865. The third kappa shape index (κ3) is 3.16. The number of methoxy groups -OCH3 is 1. The van der Waals surface area contributed by atoms with Gasteiger partial charge in [-0.05, 0) is 23.6 Å². The lowest BCUT2D eigenvalue weighted by molar-refractivity contribution is -0.122. The van der Waals surface area contributed by atoms with E-state index >= 15 is 0 Å². The summed E-state index contributed by atoms with van der Waals surface area (Å²) in [5.74, 6) is -1.30. The van der Waals surface area contributed by atoms with Crippen LogP contribution in [0.15, 0.2) is 41.8 Å². The predicted molar refractivity (Wildman–Crippen MR) is 91.2 cm³/mol. The number of nitrogens with zero attached hydrogens (tertiary/aromatic N) is 1. The first kappa shape index (κ1) is 16.2. The monoisotopic (exact) mass is 344 g/mol. The molecule has 6 nitrogen and oxygen atoms in total. The Morgan fingerprint density at radius 2 is 2.00 bits per heavy atom. The summed E-state index contributed by atoms with van der Waals surface area (Å²) < 4.78 is 4.69. The van der Waals surface area contributed by atoms with Gasteiger partial charge >= 0.3 is 5.97 Å². The zero-order valence-corrected chi connectivity index (χ0v) is 13.8. The Kier molecular flexibility index (Phi) is 4.61. The minimum absolute atomic E-state index is 0.0835. The van der Waals surface area contributed by atoms with E-state index in [-0.39, 0.29) is 18.2 Å². The summed E-state index contributed by atoms with van der Waals surface area (Å²) in [4.78, 5) is 38.3. The number of ether oxygens (including phenoxy) is 1. The Morgan fingerprint density at radius 3 is 2.71 bits per heavy atom. The van der Waals surface area contributed by atoms with Gasteiger partial charge in [-0.25, -0.2) is 4.79 Å². The maximum Gasteiger partial charge on any atom is 0.350 e. The van der Waals surface area contributed by atoms with E-state index in [1.54, 1.807) is 16.3 Å². The SMILES string of the molecule is COC(=O)c1sccc1NC(=O)C1CC(=O)N(c2ccccc2)C1. The maximum absolute atomic E-state index is 12.5. The highest BCUT2D eigenvalue weighted by atomic mass is 32.1. The van der Waals surface area contributed by atoms with E-state index in [2.05, 4.69) is 5.32 Å². The molecule has 1 saturated heterocycles. The number of nitrogens with one attached hydrogen (secondary N) is 1.